The number of carbonyl (C=O) groups is 4. The number of halogens is 2. The Morgan fingerprint density at radius 1 is 0.840 bits per heavy atom. The second-order valence-electron chi connectivity index (χ2n) is 17.6. The fraction of sp³-hybridized carbons (Fsp3) is 0.707. The second-order valence-corrected chi connectivity index (χ2v) is 18.3. The van der Waals surface area contributed by atoms with E-state index < -0.39 is 34.1 Å². The molecule has 3 saturated carbocycles. The number of carbonyl (C=O) groups excluding carboxylic acids is 4. The highest BCUT2D eigenvalue weighted by Crippen LogP contribution is 2.67. The van der Waals surface area contributed by atoms with Crippen molar-refractivity contribution in [2.24, 2.45) is 46.3 Å². The van der Waals surface area contributed by atoms with E-state index in [-0.39, 0.29) is 27.7 Å². The molecule has 8 atom stereocenters. The first kappa shape index (κ1) is 39.0. The van der Waals surface area contributed by atoms with Crippen molar-refractivity contribution in [3.05, 3.63) is 46.0 Å². The summed E-state index contributed by atoms with van der Waals surface area (Å²) < 4.78 is 6.03. The SMILES string of the molecule is CC(C)CCC[C@@H](C)[C@H]1CC[C@H]2[C@@H]3CC=C4CC(OC(=O)c5cc(C(=O)OOC(C)(C)C)c(C(=O)Cl)cc5C(=O)Cl)CC[C@]4(C)[C@H]3CC[C@]12C. The number of rotatable bonds is 11. The van der Waals surface area contributed by atoms with Crippen molar-refractivity contribution in [1.29, 1.82) is 0 Å². The Hall–Kier alpha value is -2.22. The highest BCUT2D eigenvalue weighted by atomic mass is 35.5. The van der Waals surface area contributed by atoms with Crippen molar-refractivity contribution in [2.75, 3.05) is 0 Å². The summed E-state index contributed by atoms with van der Waals surface area (Å²) >= 11 is 11.6. The predicted molar refractivity (Wildman–Crippen MR) is 195 cm³/mol. The summed E-state index contributed by atoms with van der Waals surface area (Å²) in [5.41, 5.74) is -0.157. The van der Waals surface area contributed by atoms with Gasteiger partial charge in [-0.15, -0.1) is 0 Å². The zero-order valence-corrected chi connectivity index (χ0v) is 32.7. The molecule has 50 heavy (non-hydrogen) atoms. The smallest absolute Gasteiger partial charge is 0.373 e. The van der Waals surface area contributed by atoms with Crippen LogP contribution in [0.4, 0.5) is 0 Å². The number of hydrogen-bond acceptors (Lipinski definition) is 7. The van der Waals surface area contributed by atoms with Gasteiger partial charge in [0.25, 0.3) is 10.5 Å². The van der Waals surface area contributed by atoms with Gasteiger partial charge in [-0.1, -0.05) is 65.5 Å². The second kappa shape index (κ2) is 15.0. The van der Waals surface area contributed by atoms with E-state index in [1.807, 2.05) is 0 Å². The van der Waals surface area contributed by atoms with E-state index in [2.05, 4.69) is 40.7 Å². The number of hydrogen-bond donors (Lipinski definition) is 0. The molecule has 0 aromatic heterocycles. The fourth-order valence-corrected chi connectivity index (χ4v) is 10.8. The average molecular weight is 732 g/mol. The summed E-state index contributed by atoms with van der Waals surface area (Å²) in [6.07, 6.45) is 14.6. The first-order valence-corrected chi connectivity index (χ1v) is 19.5. The summed E-state index contributed by atoms with van der Waals surface area (Å²) in [4.78, 5) is 61.3. The van der Waals surface area contributed by atoms with Crippen molar-refractivity contribution in [1.82, 2.24) is 0 Å². The molecule has 276 valence electrons. The lowest BCUT2D eigenvalue weighted by molar-refractivity contribution is -0.301. The van der Waals surface area contributed by atoms with E-state index in [1.54, 1.807) is 20.8 Å². The molecule has 4 aliphatic rings. The van der Waals surface area contributed by atoms with E-state index >= 15 is 0 Å². The molecule has 0 radical (unpaired) electrons. The number of esters is 1. The maximum absolute atomic E-state index is 13.7. The Bertz CT molecular complexity index is 1520. The minimum atomic E-state index is -1.04. The van der Waals surface area contributed by atoms with Gasteiger partial charge in [0, 0.05) is 17.5 Å². The lowest BCUT2D eigenvalue weighted by Crippen LogP contribution is -2.51. The molecule has 1 aromatic rings. The standard InChI is InChI=1S/C41H56Cl2O7/c1-23(2)10-9-11-24(3)32-14-15-33-27-13-12-25-20-26(16-18-40(25,7)34(27)17-19-41(32,33)8)48-37(46)30-22-31(38(47)49-50-39(4,5)6)29(36(43)45)21-28(30)35(42)44/h12,21-24,26-27,32-34H,9-11,13-20H2,1-8H3/t24-,26?,27+,32-,33+,34+,40+,41-/m1/s1. The summed E-state index contributed by atoms with van der Waals surface area (Å²) in [5.74, 6) is 2.58. The van der Waals surface area contributed by atoms with Crippen molar-refractivity contribution < 1.29 is 33.7 Å². The van der Waals surface area contributed by atoms with Crippen LogP contribution in [0.1, 0.15) is 167 Å². The van der Waals surface area contributed by atoms with Crippen LogP contribution in [0.5, 0.6) is 0 Å². The quantitative estimate of drug-likeness (QED) is 0.0735. The van der Waals surface area contributed by atoms with Gasteiger partial charge in [-0.05, 0) is 147 Å². The third-order valence-corrected chi connectivity index (χ3v) is 13.3. The van der Waals surface area contributed by atoms with Gasteiger partial charge in [0.15, 0.2) is 0 Å². The molecule has 4 aliphatic carbocycles. The fourth-order valence-electron chi connectivity index (χ4n) is 10.4. The summed E-state index contributed by atoms with van der Waals surface area (Å²) in [6, 6.07) is 2.12. The molecule has 0 amide bonds. The lowest BCUT2D eigenvalue weighted by Gasteiger charge is -2.58. The lowest BCUT2D eigenvalue weighted by atomic mass is 9.47. The van der Waals surface area contributed by atoms with E-state index in [9.17, 15) is 19.2 Å². The number of ether oxygens (including phenoxy) is 1. The molecule has 0 N–H and O–H groups in total. The molecule has 1 aromatic carbocycles. The molecule has 9 heteroatoms. The van der Waals surface area contributed by atoms with Crippen LogP contribution in [-0.4, -0.2) is 34.1 Å². The Balaban J connectivity index is 1.31. The van der Waals surface area contributed by atoms with Gasteiger partial charge in [-0.25, -0.2) is 9.59 Å². The van der Waals surface area contributed by atoms with E-state index in [1.165, 1.54) is 50.5 Å². The van der Waals surface area contributed by atoms with Crippen LogP contribution in [-0.2, 0) is 14.5 Å². The third-order valence-electron chi connectivity index (χ3n) is 12.9. The van der Waals surface area contributed by atoms with Crippen LogP contribution in [0.25, 0.3) is 0 Å². The molecule has 0 spiro atoms. The Labute approximate surface area is 308 Å². The molecule has 0 aliphatic heterocycles. The molecule has 0 heterocycles. The van der Waals surface area contributed by atoms with Crippen LogP contribution < -0.4 is 0 Å². The van der Waals surface area contributed by atoms with Gasteiger partial charge in [0.05, 0.1) is 11.1 Å². The Morgan fingerprint density at radius 3 is 2.10 bits per heavy atom. The first-order valence-electron chi connectivity index (χ1n) is 18.7. The van der Waals surface area contributed by atoms with E-state index in [0.29, 0.717) is 30.1 Å². The molecule has 0 bridgehead atoms. The number of fused-ring (bicyclic) bond motifs is 5. The summed E-state index contributed by atoms with van der Waals surface area (Å²) in [7, 11) is 0. The summed E-state index contributed by atoms with van der Waals surface area (Å²) in [5, 5.41) is -2.00. The van der Waals surface area contributed by atoms with Crippen molar-refractivity contribution in [3.8, 4) is 0 Å². The molecule has 0 saturated heterocycles. The average Bonchev–Trinajstić information content (AvgIpc) is 3.39. The molecular weight excluding hydrogens is 675 g/mol. The Kier molecular flexibility index (Phi) is 11.7. The van der Waals surface area contributed by atoms with E-state index in [4.69, 9.17) is 37.7 Å². The monoisotopic (exact) mass is 730 g/mol. The van der Waals surface area contributed by atoms with Gasteiger partial charge in [0.2, 0.25) is 0 Å². The van der Waals surface area contributed by atoms with Crippen LogP contribution >= 0.6 is 23.2 Å². The largest absolute Gasteiger partial charge is 0.458 e. The van der Waals surface area contributed by atoms with Crippen molar-refractivity contribution >= 4 is 45.6 Å². The van der Waals surface area contributed by atoms with Gasteiger partial charge in [0.1, 0.15) is 11.7 Å². The predicted octanol–water partition coefficient (Wildman–Crippen LogP) is 10.9. The highest BCUT2D eigenvalue weighted by molar-refractivity contribution is 6.69. The van der Waals surface area contributed by atoms with E-state index in [0.717, 1.165) is 48.6 Å². The third kappa shape index (κ3) is 7.90. The van der Waals surface area contributed by atoms with Gasteiger partial charge < -0.3 is 4.74 Å². The zero-order valence-electron chi connectivity index (χ0n) is 31.2. The highest BCUT2D eigenvalue weighted by Gasteiger charge is 2.59. The molecule has 3 fully saturated rings. The Morgan fingerprint density at radius 2 is 1.48 bits per heavy atom. The number of allylic oxidation sites excluding steroid dienone is 1. The molecular formula is C41H56Cl2O7. The zero-order chi connectivity index (χ0) is 36.8. The van der Waals surface area contributed by atoms with Crippen LogP contribution in [0, 0.1) is 46.3 Å². The van der Waals surface area contributed by atoms with Crippen molar-refractivity contribution in [3.63, 3.8) is 0 Å². The minimum absolute atomic E-state index is 0.0672. The topological polar surface area (TPSA) is 96.0 Å². The normalized spacial score (nSPS) is 31.2. The van der Waals surface area contributed by atoms with Crippen molar-refractivity contribution in [2.45, 2.75) is 138 Å². The van der Waals surface area contributed by atoms with Crippen LogP contribution in [0.15, 0.2) is 23.8 Å². The maximum Gasteiger partial charge on any atom is 0.373 e. The first-order chi connectivity index (χ1) is 23.4. The number of benzene rings is 1. The van der Waals surface area contributed by atoms with Gasteiger partial charge in [-0.2, -0.15) is 4.89 Å². The summed E-state index contributed by atoms with van der Waals surface area (Å²) in [6.45, 7) is 17.2. The molecule has 1 unspecified atom stereocenters. The molecule has 5 rings (SSSR count). The maximum atomic E-state index is 13.7. The van der Waals surface area contributed by atoms with Gasteiger partial charge >= 0.3 is 11.9 Å². The molecule has 7 nitrogen and oxygen atoms in total. The minimum Gasteiger partial charge on any atom is -0.458 e. The van der Waals surface area contributed by atoms with Crippen LogP contribution in [0.2, 0.25) is 0 Å². The van der Waals surface area contributed by atoms with Crippen LogP contribution in [0.3, 0.4) is 0 Å². The van der Waals surface area contributed by atoms with Gasteiger partial charge in [-0.3, -0.25) is 14.5 Å².